The van der Waals surface area contributed by atoms with Gasteiger partial charge in [-0.3, -0.25) is 24.0 Å². The zero-order chi connectivity index (χ0) is 59.0. The molecule has 10 rings (SSSR count). The molecule has 21 nitrogen and oxygen atoms in total. The number of rotatable bonds is 29. The van der Waals surface area contributed by atoms with Gasteiger partial charge in [0.1, 0.15) is 54.7 Å². The molecule has 9 saturated carbocycles. The van der Waals surface area contributed by atoms with Gasteiger partial charge in [-0.2, -0.15) is 0 Å². The summed E-state index contributed by atoms with van der Waals surface area (Å²) < 4.78 is 28.9. The van der Waals surface area contributed by atoms with E-state index in [1.807, 2.05) is 6.07 Å². The van der Waals surface area contributed by atoms with Gasteiger partial charge in [-0.15, -0.1) is 0 Å². The number of nitrogens with one attached hydrogen (secondary N) is 6. The van der Waals surface area contributed by atoms with Gasteiger partial charge in [-0.25, -0.2) is 19.2 Å². The Morgan fingerprint density at radius 3 is 1.45 bits per heavy atom. The van der Waals surface area contributed by atoms with Gasteiger partial charge in [0.05, 0.1) is 0 Å². The SMILES string of the molecule is CC(C)(C)OC(=O)N[C@@H](CCC(=O)OC1CCCCC1)C(=O)N[C@@H](CCCCNC(=O)OC1C2CC3CC(C2)CC1C3)C(=O)N[C@@H](CCC(N)=O)C(=O)N[C@@H](CCCCNC(=O)OC1C2CC3CC(C2)CC1C3)C(=O)OCc1ccccc1. The molecule has 0 radical (unpaired) electrons. The Morgan fingerprint density at radius 2 is 0.964 bits per heavy atom. The number of benzene rings is 1. The number of esters is 2. The zero-order valence-electron chi connectivity index (χ0n) is 49.1. The molecule has 9 aliphatic carbocycles. The van der Waals surface area contributed by atoms with Crippen LogP contribution in [0.4, 0.5) is 14.4 Å². The van der Waals surface area contributed by atoms with Crippen LogP contribution in [0.25, 0.3) is 0 Å². The lowest BCUT2D eigenvalue weighted by Gasteiger charge is -2.53. The predicted octanol–water partition coefficient (Wildman–Crippen LogP) is 7.44. The molecule has 7 amide bonds. The number of hydrogen-bond donors (Lipinski definition) is 7. The number of hydrogen-bond acceptors (Lipinski definition) is 14. The summed E-state index contributed by atoms with van der Waals surface area (Å²) >= 11 is 0. The standard InChI is InChI=1S/C62H93N7O14/c1-62(2,3)83-61(78)69-49(21-23-52(71)80-46-16-8-5-9-17-46)57(74)66-47(18-10-12-24-64-59(76)81-53-42-28-38-26-39(30-42)31-43(53)29-38)55(72)67-48(20-22-51(63)70)56(73)68-50(58(75)79-36-37-14-6-4-7-15-37)19-11-13-25-65-60(77)82-54-44-32-40-27-41(34-44)35-45(54)33-40/h4,6-7,14-15,38-50,53-54H,5,8-13,16-36H2,1-3H3,(H2,63,70)(H,64,76)(H,65,77)(H,66,74)(H,67,72)(H,68,73)(H,69,78)/t38?,39?,40?,41?,42?,43?,44?,45?,47-,48-,49-,50-,53?,54?/m0/s1. The summed E-state index contributed by atoms with van der Waals surface area (Å²) in [6.07, 6.45) is 13.9. The second kappa shape index (κ2) is 30.1. The largest absolute Gasteiger partial charge is 0.462 e. The minimum absolute atomic E-state index is 0.0182. The van der Waals surface area contributed by atoms with E-state index >= 15 is 0 Å². The molecular formula is C62H93N7O14. The topological polar surface area (TPSA) is 298 Å². The molecule has 9 fully saturated rings. The molecule has 9 aliphatic rings. The summed E-state index contributed by atoms with van der Waals surface area (Å²) in [5, 5.41) is 16.5. The van der Waals surface area contributed by atoms with Gasteiger partial charge >= 0.3 is 30.2 Å². The lowest BCUT2D eigenvalue weighted by atomic mass is 9.55. The molecule has 8 N–H and O–H groups in total. The van der Waals surface area contributed by atoms with Crippen LogP contribution in [0, 0.1) is 47.3 Å². The van der Waals surface area contributed by atoms with Crippen molar-refractivity contribution in [2.45, 2.75) is 236 Å². The van der Waals surface area contributed by atoms with Crippen molar-refractivity contribution in [1.29, 1.82) is 0 Å². The summed E-state index contributed by atoms with van der Waals surface area (Å²) in [7, 11) is 0. The third-order valence-electron chi connectivity index (χ3n) is 18.4. The lowest BCUT2D eigenvalue weighted by Crippen LogP contribution is -2.58. The molecule has 0 aliphatic heterocycles. The monoisotopic (exact) mass is 1160 g/mol. The first-order chi connectivity index (χ1) is 39.8. The Bertz CT molecular complexity index is 2340. The van der Waals surface area contributed by atoms with Crippen LogP contribution >= 0.6 is 0 Å². The first kappa shape index (κ1) is 62.9. The minimum Gasteiger partial charge on any atom is -0.462 e. The fourth-order valence-electron chi connectivity index (χ4n) is 14.9. The first-order valence-electron chi connectivity index (χ1n) is 31.3. The Hall–Kier alpha value is -6.15. The number of alkyl carbamates (subject to hydrolysis) is 3. The Labute approximate surface area is 488 Å². The van der Waals surface area contributed by atoms with Crippen LogP contribution in [-0.4, -0.2) is 115 Å². The number of carbonyl (C=O) groups excluding carboxylic acids is 9. The fourth-order valence-corrected chi connectivity index (χ4v) is 14.9. The quantitative estimate of drug-likeness (QED) is 0.0233. The molecule has 4 atom stereocenters. The van der Waals surface area contributed by atoms with Crippen molar-refractivity contribution in [1.82, 2.24) is 31.9 Å². The van der Waals surface area contributed by atoms with Gasteiger partial charge in [0.25, 0.3) is 0 Å². The van der Waals surface area contributed by atoms with E-state index in [1.54, 1.807) is 45.0 Å². The van der Waals surface area contributed by atoms with E-state index in [1.165, 1.54) is 12.8 Å². The van der Waals surface area contributed by atoms with E-state index in [-0.39, 0.29) is 83.0 Å². The van der Waals surface area contributed by atoms with Crippen LogP contribution in [0.3, 0.4) is 0 Å². The van der Waals surface area contributed by atoms with E-state index in [4.69, 9.17) is 29.4 Å². The third-order valence-corrected chi connectivity index (χ3v) is 18.4. The number of primary amides is 1. The highest BCUT2D eigenvalue weighted by atomic mass is 16.6. The summed E-state index contributed by atoms with van der Waals surface area (Å²) in [5.74, 6) is -0.0475. The molecule has 460 valence electrons. The summed E-state index contributed by atoms with van der Waals surface area (Å²) in [6, 6.07) is 3.59. The Morgan fingerprint density at radius 1 is 0.518 bits per heavy atom. The predicted molar refractivity (Wildman–Crippen MR) is 304 cm³/mol. The van der Waals surface area contributed by atoms with Crippen LogP contribution < -0.4 is 37.6 Å². The molecule has 8 bridgehead atoms. The van der Waals surface area contributed by atoms with Crippen LogP contribution in [0.15, 0.2) is 30.3 Å². The zero-order valence-corrected chi connectivity index (χ0v) is 49.1. The Kier molecular flexibility index (Phi) is 22.8. The normalized spacial score (nSPS) is 27.1. The maximum absolute atomic E-state index is 14.6. The highest BCUT2D eigenvalue weighted by Gasteiger charge is 2.51. The number of amides is 7. The number of ether oxygens (including phenoxy) is 5. The highest BCUT2D eigenvalue weighted by molar-refractivity contribution is 5.95. The van der Waals surface area contributed by atoms with E-state index in [0.29, 0.717) is 48.5 Å². The Balaban J connectivity index is 0.913. The van der Waals surface area contributed by atoms with Gasteiger partial charge in [0.15, 0.2) is 0 Å². The maximum Gasteiger partial charge on any atom is 0.408 e. The lowest BCUT2D eigenvalue weighted by molar-refractivity contribution is -0.151. The molecule has 0 spiro atoms. The summed E-state index contributed by atoms with van der Waals surface area (Å²) in [6.45, 7) is 5.34. The second-order valence-electron chi connectivity index (χ2n) is 26.2. The van der Waals surface area contributed by atoms with Crippen molar-refractivity contribution in [2.24, 2.45) is 53.1 Å². The molecule has 0 unspecified atom stereocenters. The van der Waals surface area contributed by atoms with Crippen LogP contribution in [-0.2, 0) is 59.1 Å². The van der Waals surface area contributed by atoms with Crippen molar-refractivity contribution in [3.05, 3.63) is 35.9 Å². The number of unbranched alkanes of at least 4 members (excludes halogenated alkanes) is 2. The average molecular weight is 1160 g/mol. The molecule has 83 heavy (non-hydrogen) atoms. The molecule has 1 aromatic carbocycles. The van der Waals surface area contributed by atoms with Gasteiger partial charge < -0.3 is 61.3 Å². The number of carbonyl (C=O) groups is 9. The van der Waals surface area contributed by atoms with Gasteiger partial charge in [0, 0.05) is 25.9 Å². The van der Waals surface area contributed by atoms with Crippen molar-refractivity contribution >= 4 is 53.8 Å². The number of nitrogens with two attached hydrogens (primary N) is 1. The van der Waals surface area contributed by atoms with Crippen LogP contribution in [0.5, 0.6) is 0 Å². The van der Waals surface area contributed by atoms with Crippen LogP contribution in [0.2, 0.25) is 0 Å². The molecule has 0 heterocycles. The third kappa shape index (κ3) is 19.4. The molecule has 21 heteroatoms. The molecular weight excluding hydrogens is 1070 g/mol. The van der Waals surface area contributed by atoms with E-state index < -0.39 is 83.6 Å². The summed E-state index contributed by atoms with van der Waals surface area (Å²) in [4.78, 5) is 122. The minimum atomic E-state index is -1.45. The molecule has 1 aromatic rings. The van der Waals surface area contributed by atoms with Gasteiger partial charge in [-0.05, 0) is 215 Å². The van der Waals surface area contributed by atoms with Crippen LogP contribution in [0.1, 0.15) is 187 Å². The fraction of sp³-hybridized carbons (Fsp3) is 0.758. The molecule has 0 aromatic heterocycles. The van der Waals surface area contributed by atoms with Crippen molar-refractivity contribution in [2.75, 3.05) is 13.1 Å². The maximum atomic E-state index is 14.6. The summed E-state index contributed by atoms with van der Waals surface area (Å²) in [5.41, 5.74) is 5.35. The van der Waals surface area contributed by atoms with E-state index in [2.05, 4.69) is 31.9 Å². The highest BCUT2D eigenvalue weighted by Crippen LogP contribution is 2.56. The van der Waals surface area contributed by atoms with Crippen molar-refractivity contribution in [3.8, 4) is 0 Å². The smallest absolute Gasteiger partial charge is 0.408 e. The average Bonchev–Trinajstić information content (AvgIpc) is 2.59. The van der Waals surface area contributed by atoms with E-state index in [0.717, 1.165) is 107 Å². The molecule has 0 saturated heterocycles. The van der Waals surface area contributed by atoms with Crippen molar-refractivity contribution < 1.29 is 66.8 Å². The van der Waals surface area contributed by atoms with Crippen molar-refractivity contribution in [3.63, 3.8) is 0 Å². The van der Waals surface area contributed by atoms with E-state index in [9.17, 15) is 43.2 Å². The van der Waals surface area contributed by atoms with Gasteiger partial charge in [0.2, 0.25) is 23.6 Å². The second-order valence-corrected chi connectivity index (χ2v) is 26.2. The van der Waals surface area contributed by atoms with Gasteiger partial charge in [-0.1, -0.05) is 36.8 Å². The first-order valence-corrected chi connectivity index (χ1v) is 31.3.